The van der Waals surface area contributed by atoms with E-state index < -0.39 is 11.9 Å². The fourth-order valence-electron chi connectivity index (χ4n) is 5.27. The van der Waals surface area contributed by atoms with Crippen LogP contribution in [-0.2, 0) is 17.5 Å². The zero-order valence-electron chi connectivity index (χ0n) is 23.6. The summed E-state index contributed by atoms with van der Waals surface area (Å²) in [5, 5.41) is 3.18. The molecule has 1 aliphatic carbocycles. The van der Waals surface area contributed by atoms with E-state index in [1.54, 1.807) is 24.1 Å². The minimum absolute atomic E-state index is 0.0352. The van der Waals surface area contributed by atoms with Gasteiger partial charge < -0.3 is 15.0 Å². The first-order valence-electron chi connectivity index (χ1n) is 13.9. The number of carbonyl (C=O) groups excluding carboxylic acids is 1. The first-order valence-corrected chi connectivity index (χ1v) is 13.9. The third-order valence-electron chi connectivity index (χ3n) is 7.79. The number of nitrogens with one attached hydrogen (secondary N) is 1. The largest absolute Gasteiger partial charge is 0.480 e. The van der Waals surface area contributed by atoms with E-state index >= 15 is 0 Å². The summed E-state index contributed by atoms with van der Waals surface area (Å²) in [6, 6.07) is 9.57. The molecule has 13 heteroatoms. The van der Waals surface area contributed by atoms with Gasteiger partial charge >= 0.3 is 6.18 Å². The fourth-order valence-corrected chi connectivity index (χ4v) is 5.27. The van der Waals surface area contributed by atoms with Gasteiger partial charge in [0.15, 0.2) is 5.82 Å². The van der Waals surface area contributed by atoms with Gasteiger partial charge in [0.25, 0.3) is 0 Å². The van der Waals surface area contributed by atoms with Crippen molar-refractivity contribution < 1.29 is 22.7 Å². The predicted molar refractivity (Wildman–Crippen MR) is 151 cm³/mol. The molecule has 0 bridgehead atoms. The van der Waals surface area contributed by atoms with E-state index in [9.17, 15) is 18.0 Å². The maximum atomic E-state index is 13.6. The molecule has 1 unspecified atom stereocenters. The SMILES string of the molecule is COc1ncnc(C2CC2)c1-c1ncnc(NCc2ccc(-c3nc(C(F)(F)F)ccc3C3CCN(C)C(=O)C3)cc2)n1. The van der Waals surface area contributed by atoms with Gasteiger partial charge in [-0.15, -0.1) is 0 Å². The van der Waals surface area contributed by atoms with Crippen molar-refractivity contribution in [3.8, 4) is 28.5 Å². The Balaban J connectivity index is 1.22. The van der Waals surface area contributed by atoms with Crippen molar-refractivity contribution in [2.24, 2.45) is 0 Å². The first-order chi connectivity index (χ1) is 20.7. The van der Waals surface area contributed by atoms with Crippen LogP contribution in [0, 0.1) is 0 Å². The minimum atomic E-state index is -4.58. The lowest BCUT2D eigenvalue weighted by molar-refractivity contribution is -0.141. The fraction of sp³-hybridized carbons (Fsp3) is 0.367. The number of carbonyl (C=O) groups is 1. The van der Waals surface area contributed by atoms with Gasteiger partial charge in [-0.2, -0.15) is 18.2 Å². The molecule has 0 radical (unpaired) electrons. The number of halogens is 3. The van der Waals surface area contributed by atoms with E-state index in [4.69, 9.17) is 4.74 Å². The van der Waals surface area contributed by atoms with Gasteiger partial charge in [-0.25, -0.2) is 24.9 Å². The van der Waals surface area contributed by atoms with Crippen molar-refractivity contribution >= 4 is 11.9 Å². The highest BCUT2D eigenvalue weighted by Crippen LogP contribution is 2.45. The van der Waals surface area contributed by atoms with E-state index in [2.05, 4.69) is 35.2 Å². The standard InChI is InChI=1S/C30H29F3N8O2/c1-41-12-11-20(13-23(41)42)21-9-10-22(30(31,32)33)39-25(21)18-5-3-17(4-6-18)14-34-29-38-16-36-27(40-29)24-26(19-7-8-19)35-15-37-28(24)43-2/h3-6,9-10,15-16,19-20H,7-8,11-14H2,1-2H3,(H,34,36,38,40). The van der Waals surface area contributed by atoms with E-state index in [0.29, 0.717) is 59.8 Å². The first kappa shape index (κ1) is 28.4. The summed E-state index contributed by atoms with van der Waals surface area (Å²) < 4.78 is 46.2. The number of aromatic nitrogens is 6. The Labute approximate surface area is 245 Å². The van der Waals surface area contributed by atoms with Crippen molar-refractivity contribution in [2.75, 3.05) is 26.0 Å². The van der Waals surface area contributed by atoms with Crippen LogP contribution in [0.2, 0.25) is 0 Å². The Morgan fingerprint density at radius 2 is 1.72 bits per heavy atom. The zero-order chi connectivity index (χ0) is 30.1. The molecule has 1 N–H and O–H groups in total. The summed E-state index contributed by atoms with van der Waals surface area (Å²) in [5.41, 5.74) is 2.82. The second-order valence-electron chi connectivity index (χ2n) is 10.7. The molecule has 6 rings (SSSR count). The highest BCUT2D eigenvalue weighted by atomic mass is 19.4. The lowest BCUT2D eigenvalue weighted by Gasteiger charge is -2.30. The summed E-state index contributed by atoms with van der Waals surface area (Å²) in [5.74, 6) is 1.23. The van der Waals surface area contributed by atoms with Gasteiger partial charge in [0.2, 0.25) is 17.7 Å². The van der Waals surface area contributed by atoms with Crippen molar-refractivity contribution in [1.29, 1.82) is 0 Å². The van der Waals surface area contributed by atoms with Crippen LogP contribution in [0.1, 0.15) is 60.0 Å². The number of ether oxygens (including phenoxy) is 1. The highest BCUT2D eigenvalue weighted by Gasteiger charge is 2.35. The number of likely N-dealkylation sites (tertiary alicyclic amines) is 1. The molecule has 1 saturated heterocycles. The maximum absolute atomic E-state index is 13.6. The number of methoxy groups -OCH3 is 1. The van der Waals surface area contributed by atoms with Crippen LogP contribution in [0.25, 0.3) is 22.6 Å². The number of hydrogen-bond acceptors (Lipinski definition) is 9. The topological polar surface area (TPSA) is 119 Å². The molecule has 2 fully saturated rings. The number of anilines is 1. The van der Waals surface area contributed by atoms with Crippen molar-refractivity contribution in [3.63, 3.8) is 0 Å². The quantitative estimate of drug-likeness (QED) is 0.294. The molecule has 4 aromatic rings. The van der Waals surface area contributed by atoms with E-state index in [0.717, 1.165) is 30.2 Å². The molecular weight excluding hydrogens is 561 g/mol. The van der Waals surface area contributed by atoms with Crippen LogP contribution in [0.3, 0.4) is 0 Å². The third kappa shape index (κ3) is 6.11. The van der Waals surface area contributed by atoms with Gasteiger partial charge in [-0.1, -0.05) is 30.3 Å². The molecular formula is C30H29F3N8O2. The number of rotatable bonds is 8. The average Bonchev–Trinajstić information content (AvgIpc) is 3.86. The van der Waals surface area contributed by atoms with Crippen molar-refractivity contribution in [3.05, 3.63) is 71.6 Å². The van der Waals surface area contributed by atoms with Crippen LogP contribution < -0.4 is 10.1 Å². The lowest BCUT2D eigenvalue weighted by Crippen LogP contribution is -2.35. The van der Waals surface area contributed by atoms with E-state index in [-0.39, 0.29) is 23.9 Å². The number of piperidine rings is 1. The van der Waals surface area contributed by atoms with E-state index in [1.165, 1.54) is 25.8 Å². The smallest absolute Gasteiger partial charge is 0.433 e. The molecule has 1 atom stereocenters. The molecule has 2 aliphatic rings. The molecule has 1 aromatic carbocycles. The Morgan fingerprint density at radius 3 is 2.42 bits per heavy atom. The van der Waals surface area contributed by atoms with Crippen LogP contribution in [0.15, 0.2) is 49.1 Å². The number of pyridine rings is 1. The van der Waals surface area contributed by atoms with Crippen molar-refractivity contribution in [2.45, 2.75) is 50.2 Å². The molecule has 0 spiro atoms. The molecule has 1 saturated carbocycles. The Kier molecular flexibility index (Phi) is 7.63. The lowest BCUT2D eigenvalue weighted by atomic mass is 9.86. The number of amides is 1. The number of nitrogens with zero attached hydrogens (tertiary/aromatic N) is 7. The highest BCUT2D eigenvalue weighted by molar-refractivity contribution is 5.78. The minimum Gasteiger partial charge on any atom is -0.480 e. The Morgan fingerprint density at radius 1 is 0.953 bits per heavy atom. The molecule has 222 valence electrons. The van der Waals surface area contributed by atoms with Crippen molar-refractivity contribution in [1.82, 2.24) is 34.8 Å². The number of alkyl halides is 3. The second kappa shape index (κ2) is 11.5. The van der Waals surface area contributed by atoms with Crippen LogP contribution in [0.4, 0.5) is 19.1 Å². The van der Waals surface area contributed by atoms with Gasteiger partial charge in [-0.05, 0) is 42.4 Å². The molecule has 3 aromatic heterocycles. The van der Waals surface area contributed by atoms with E-state index in [1.807, 2.05) is 12.1 Å². The molecule has 1 amide bonds. The second-order valence-corrected chi connectivity index (χ2v) is 10.7. The summed E-state index contributed by atoms with van der Waals surface area (Å²) in [7, 11) is 3.27. The number of hydrogen-bond donors (Lipinski definition) is 1. The molecule has 10 nitrogen and oxygen atoms in total. The van der Waals surface area contributed by atoms with Crippen LogP contribution in [0.5, 0.6) is 5.88 Å². The Hall–Kier alpha value is -4.68. The molecule has 1 aliphatic heterocycles. The van der Waals surface area contributed by atoms with Crippen LogP contribution >= 0.6 is 0 Å². The normalized spacial score (nSPS) is 17.2. The zero-order valence-corrected chi connectivity index (χ0v) is 23.6. The molecule has 43 heavy (non-hydrogen) atoms. The van der Waals surface area contributed by atoms with Gasteiger partial charge in [-0.3, -0.25) is 4.79 Å². The summed E-state index contributed by atoms with van der Waals surface area (Å²) in [6.07, 6.45) is 1.26. The molecule has 4 heterocycles. The number of benzene rings is 1. The average molecular weight is 591 g/mol. The van der Waals surface area contributed by atoms with Gasteiger partial charge in [0.05, 0.1) is 18.5 Å². The van der Waals surface area contributed by atoms with Gasteiger partial charge in [0.1, 0.15) is 23.9 Å². The Bertz CT molecular complexity index is 1640. The predicted octanol–water partition coefficient (Wildman–Crippen LogP) is 5.24. The monoisotopic (exact) mass is 590 g/mol. The third-order valence-corrected chi connectivity index (χ3v) is 7.79. The van der Waals surface area contributed by atoms with Crippen LogP contribution in [-0.4, -0.2) is 61.4 Å². The summed E-state index contributed by atoms with van der Waals surface area (Å²) >= 11 is 0. The maximum Gasteiger partial charge on any atom is 0.433 e. The van der Waals surface area contributed by atoms with Gasteiger partial charge in [0, 0.05) is 38.0 Å². The summed E-state index contributed by atoms with van der Waals surface area (Å²) in [6.45, 7) is 0.896. The summed E-state index contributed by atoms with van der Waals surface area (Å²) in [4.78, 5) is 39.8.